The summed E-state index contributed by atoms with van der Waals surface area (Å²) in [6.45, 7) is 0. The molecule has 7 heteroatoms. The van der Waals surface area contributed by atoms with E-state index in [-0.39, 0.29) is 0 Å². The minimum absolute atomic E-state index is 0.525. The van der Waals surface area contributed by atoms with Crippen LogP contribution in [0, 0.1) is 0 Å². The molecule has 12 aromatic rings. The van der Waals surface area contributed by atoms with E-state index in [1.165, 1.54) is 0 Å². The van der Waals surface area contributed by atoms with Crippen LogP contribution in [0.25, 0.3) is 122 Å². The Kier molecular flexibility index (Phi) is 6.79. The van der Waals surface area contributed by atoms with Gasteiger partial charge < -0.3 is 13.3 Å². The van der Waals surface area contributed by atoms with Crippen molar-refractivity contribution in [2.45, 2.75) is 0 Å². The van der Waals surface area contributed by atoms with E-state index in [1.54, 1.807) is 0 Å². The van der Waals surface area contributed by atoms with Gasteiger partial charge in [-0.1, -0.05) is 121 Å². The van der Waals surface area contributed by atoms with Gasteiger partial charge in [0.2, 0.25) is 5.89 Å². The number of para-hydroxylation sites is 1. The largest absolute Gasteiger partial charge is 0.456 e. The maximum Gasteiger partial charge on any atom is 0.227 e. The molecule has 0 atom stereocenters. The average molecular weight is 733 g/mol. The van der Waals surface area contributed by atoms with E-state index in [0.717, 1.165) is 88.0 Å². The number of benzene rings is 8. The lowest BCUT2D eigenvalue weighted by molar-refractivity contribution is 0.622. The summed E-state index contributed by atoms with van der Waals surface area (Å²) in [5.74, 6) is 2.18. The van der Waals surface area contributed by atoms with Crippen molar-refractivity contribution in [2.75, 3.05) is 0 Å². The van der Waals surface area contributed by atoms with Crippen LogP contribution in [0.1, 0.15) is 0 Å². The van der Waals surface area contributed by atoms with Crippen molar-refractivity contribution < 1.29 is 13.3 Å². The van der Waals surface area contributed by atoms with Gasteiger partial charge in [0.1, 0.15) is 27.8 Å². The summed E-state index contributed by atoms with van der Waals surface area (Å²) in [5, 5.41) is 5.80. The average Bonchev–Trinajstić information content (AvgIpc) is 4.00. The van der Waals surface area contributed by atoms with Crippen molar-refractivity contribution in [1.29, 1.82) is 0 Å². The zero-order valence-electron chi connectivity index (χ0n) is 30.2. The number of rotatable bonds is 5. The van der Waals surface area contributed by atoms with Crippen LogP contribution in [0.5, 0.6) is 0 Å². The van der Waals surface area contributed by atoms with Gasteiger partial charge in [-0.05, 0) is 65.0 Å². The molecule has 0 aliphatic carbocycles. The van der Waals surface area contributed by atoms with Crippen molar-refractivity contribution >= 4 is 65.7 Å². The quantitative estimate of drug-likeness (QED) is 0.174. The first-order valence-corrected chi connectivity index (χ1v) is 18.8. The topological polar surface area (TPSA) is 91.0 Å². The first kappa shape index (κ1) is 31.5. The van der Waals surface area contributed by atoms with Crippen molar-refractivity contribution in [2.24, 2.45) is 0 Å². The summed E-state index contributed by atoms with van der Waals surface area (Å²) >= 11 is 0. The molecule has 0 amide bonds. The first-order chi connectivity index (χ1) is 28.2. The molecule has 0 bridgehead atoms. The molecular weight excluding hydrogens is 705 g/mol. The zero-order chi connectivity index (χ0) is 37.5. The van der Waals surface area contributed by atoms with E-state index in [2.05, 4.69) is 66.7 Å². The molecule has 0 fully saturated rings. The molecule has 0 spiro atoms. The molecule has 0 N–H and O–H groups in total. The van der Waals surface area contributed by atoms with Crippen molar-refractivity contribution in [1.82, 2.24) is 19.9 Å². The molecule has 266 valence electrons. The number of hydrogen-bond donors (Lipinski definition) is 0. The van der Waals surface area contributed by atoms with Crippen LogP contribution in [0.3, 0.4) is 0 Å². The van der Waals surface area contributed by atoms with Crippen LogP contribution in [0.4, 0.5) is 0 Å². The van der Waals surface area contributed by atoms with Gasteiger partial charge in [-0.2, -0.15) is 0 Å². The Morgan fingerprint density at radius 1 is 0.333 bits per heavy atom. The fourth-order valence-electron chi connectivity index (χ4n) is 8.12. The zero-order valence-corrected chi connectivity index (χ0v) is 30.2. The molecule has 4 aromatic heterocycles. The number of oxazole rings is 1. The van der Waals surface area contributed by atoms with Crippen LogP contribution >= 0.6 is 0 Å². The van der Waals surface area contributed by atoms with Gasteiger partial charge in [-0.15, -0.1) is 0 Å². The predicted molar refractivity (Wildman–Crippen MR) is 227 cm³/mol. The number of hydrogen-bond acceptors (Lipinski definition) is 7. The fraction of sp³-hybridized carbons (Fsp3) is 0. The molecule has 0 saturated carbocycles. The summed E-state index contributed by atoms with van der Waals surface area (Å²) in [6.07, 6.45) is 0. The summed E-state index contributed by atoms with van der Waals surface area (Å²) in [5.41, 5.74) is 10.0. The van der Waals surface area contributed by atoms with Crippen LogP contribution in [0.2, 0.25) is 0 Å². The van der Waals surface area contributed by atoms with Gasteiger partial charge in [0.05, 0.1) is 5.39 Å². The Balaban J connectivity index is 1.11. The smallest absolute Gasteiger partial charge is 0.227 e. The fourth-order valence-corrected chi connectivity index (χ4v) is 8.12. The van der Waals surface area contributed by atoms with Gasteiger partial charge in [-0.25, -0.2) is 19.9 Å². The third kappa shape index (κ3) is 4.99. The van der Waals surface area contributed by atoms with E-state index < -0.39 is 0 Å². The molecular formula is C50H28N4O3. The molecule has 0 aliphatic heterocycles. The van der Waals surface area contributed by atoms with E-state index in [9.17, 15) is 0 Å². The lowest BCUT2D eigenvalue weighted by Gasteiger charge is -2.13. The maximum absolute atomic E-state index is 6.76. The highest BCUT2D eigenvalue weighted by Gasteiger charge is 2.22. The Hall–Kier alpha value is -7.90. The molecule has 7 nitrogen and oxygen atoms in total. The summed E-state index contributed by atoms with van der Waals surface area (Å²) in [6, 6.07) is 57.1. The number of furan rings is 2. The van der Waals surface area contributed by atoms with Crippen molar-refractivity contribution in [3.8, 4) is 56.7 Å². The van der Waals surface area contributed by atoms with E-state index >= 15 is 0 Å². The molecule has 4 heterocycles. The van der Waals surface area contributed by atoms with E-state index in [1.807, 2.05) is 103 Å². The third-order valence-electron chi connectivity index (χ3n) is 10.8. The molecule has 12 rings (SSSR count). The molecule has 0 saturated heterocycles. The molecule has 0 unspecified atom stereocenters. The van der Waals surface area contributed by atoms with E-state index in [4.69, 9.17) is 33.2 Å². The van der Waals surface area contributed by atoms with Gasteiger partial charge in [0.25, 0.3) is 0 Å². The molecule has 57 heavy (non-hydrogen) atoms. The highest BCUT2D eigenvalue weighted by molar-refractivity contribution is 6.23. The number of fused-ring (bicyclic) bond motifs is 10. The van der Waals surface area contributed by atoms with Crippen LogP contribution in [-0.2, 0) is 0 Å². The van der Waals surface area contributed by atoms with Crippen LogP contribution < -0.4 is 0 Å². The third-order valence-corrected chi connectivity index (χ3v) is 10.8. The lowest BCUT2D eigenvalue weighted by Crippen LogP contribution is -2.01. The molecule has 0 radical (unpaired) electrons. The van der Waals surface area contributed by atoms with Crippen molar-refractivity contribution in [3.63, 3.8) is 0 Å². The van der Waals surface area contributed by atoms with Gasteiger partial charge in [0.15, 0.2) is 23.1 Å². The molecule has 0 aliphatic rings. The van der Waals surface area contributed by atoms with Gasteiger partial charge >= 0.3 is 0 Å². The highest BCUT2D eigenvalue weighted by Crippen LogP contribution is 2.43. The van der Waals surface area contributed by atoms with Crippen LogP contribution in [0.15, 0.2) is 183 Å². The Morgan fingerprint density at radius 3 is 1.88 bits per heavy atom. The number of nitrogens with zero attached hydrogens (tertiary/aromatic N) is 4. The minimum Gasteiger partial charge on any atom is -0.456 e. The second kappa shape index (κ2) is 12.3. The predicted octanol–water partition coefficient (Wildman–Crippen LogP) is 13.3. The lowest BCUT2D eigenvalue weighted by atomic mass is 9.98. The van der Waals surface area contributed by atoms with Gasteiger partial charge in [0, 0.05) is 43.8 Å². The number of aromatic nitrogens is 4. The molecule has 8 aromatic carbocycles. The minimum atomic E-state index is 0.525. The Labute approximate surface area is 324 Å². The highest BCUT2D eigenvalue weighted by atomic mass is 16.4. The van der Waals surface area contributed by atoms with Gasteiger partial charge in [-0.3, -0.25) is 0 Å². The summed E-state index contributed by atoms with van der Waals surface area (Å²) < 4.78 is 19.6. The maximum atomic E-state index is 6.76. The second-order valence-corrected chi connectivity index (χ2v) is 14.1. The Bertz CT molecular complexity index is 3530. The summed E-state index contributed by atoms with van der Waals surface area (Å²) in [4.78, 5) is 20.5. The Morgan fingerprint density at radius 2 is 1.02 bits per heavy atom. The SMILES string of the molecule is c1ccc(-c2nc3ccc4oc5c(ccc6cccc(-c7nc(-c8ccc9c(c8)oc8ccccc89)nc(-c8ccccc8-c8ccccc8)n7)c65)c4c3o2)cc1. The van der Waals surface area contributed by atoms with Crippen LogP contribution in [-0.4, -0.2) is 19.9 Å². The first-order valence-electron chi connectivity index (χ1n) is 18.8. The second-order valence-electron chi connectivity index (χ2n) is 14.1. The van der Waals surface area contributed by atoms with Crippen molar-refractivity contribution in [3.05, 3.63) is 170 Å². The monoisotopic (exact) mass is 732 g/mol. The standard InChI is InChI=1S/C50H28N4O3/c1-3-12-29(13-4-1)33-17-7-8-19-36(33)48-52-47(32-23-24-35-34-18-9-10-21-40(34)55-42(35)28-32)53-49(54-48)38-20-11-16-30-22-25-37-44-41(56-45(37)43(30)38)27-26-39-46(44)57-50(51-39)31-14-5-2-6-15-31/h1-28H. The normalized spacial score (nSPS) is 11.9. The summed E-state index contributed by atoms with van der Waals surface area (Å²) in [7, 11) is 0. The van der Waals surface area contributed by atoms with E-state index in [0.29, 0.717) is 34.5 Å².